The molecule has 0 atom stereocenters. The van der Waals surface area contributed by atoms with Crippen molar-refractivity contribution >= 4 is 21.6 Å². The van der Waals surface area contributed by atoms with Crippen molar-refractivity contribution in [1.29, 1.82) is 0 Å². The molecule has 2 aromatic rings. The topological polar surface area (TPSA) is 92.5 Å². The zero-order chi connectivity index (χ0) is 17.3. The maximum Gasteiger partial charge on any atom is 0.246 e. The smallest absolute Gasteiger partial charge is 0.246 e. The lowest BCUT2D eigenvalue weighted by molar-refractivity contribution is -0.117. The van der Waals surface area contributed by atoms with Gasteiger partial charge < -0.3 is 9.42 Å². The van der Waals surface area contributed by atoms with E-state index in [4.69, 9.17) is 4.52 Å². The average molecular weight is 349 g/mol. The summed E-state index contributed by atoms with van der Waals surface area (Å²) in [6.45, 7) is 4.04. The molecule has 1 N–H and O–H groups in total. The maximum atomic E-state index is 12.4. The highest BCUT2D eigenvalue weighted by atomic mass is 32.2. The number of aryl methyl sites for hydroxylation is 2. The number of nitrogens with one attached hydrogen (secondary N) is 1. The molecule has 1 aliphatic heterocycles. The van der Waals surface area contributed by atoms with E-state index in [9.17, 15) is 13.2 Å². The molecule has 24 heavy (non-hydrogen) atoms. The van der Waals surface area contributed by atoms with Crippen molar-refractivity contribution in [2.75, 3.05) is 11.4 Å². The van der Waals surface area contributed by atoms with E-state index < -0.39 is 10.0 Å². The molecule has 2 heterocycles. The van der Waals surface area contributed by atoms with Crippen LogP contribution >= 0.6 is 0 Å². The van der Waals surface area contributed by atoms with Gasteiger partial charge in [0, 0.05) is 25.2 Å². The molecule has 0 saturated carbocycles. The molecular weight excluding hydrogens is 330 g/mol. The van der Waals surface area contributed by atoms with Crippen LogP contribution in [0.5, 0.6) is 0 Å². The van der Waals surface area contributed by atoms with Gasteiger partial charge in [-0.3, -0.25) is 4.79 Å². The van der Waals surface area contributed by atoms with Crippen LogP contribution in [-0.4, -0.2) is 26.0 Å². The minimum absolute atomic E-state index is 0.0850. The van der Waals surface area contributed by atoms with Crippen LogP contribution in [0, 0.1) is 13.8 Å². The third-order valence-electron chi connectivity index (χ3n) is 4.02. The minimum atomic E-state index is -3.68. The van der Waals surface area contributed by atoms with Gasteiger partial charge in [-0.15, -0.1) is 0 Å². The molecule has 1 aromatic heterocycles. The van der Waals surface area contributed by atoms with E-state index in [1.54, 1.807) is 18.7 Å². The minimum Gasteiger partial charge on any atom is -0.360 e. The first kappa shape index (κ1) is 16.7. The van der Waals surface area contributed by atoms with E-state index in [1.165, 1.54) is 0 Å². The van der Waals surface area contributed by atoms with Crippen LogP contribution in [0.2, 0.25) is 0 Å². The van der Waals surface area contributed by atoms with Gasteiger partial charge in [0.15, 0.2) is 5.76 Å². The lowest BCUT2D eigenvalue weighted by Gasteiger charge is -2.16. The highest BCUT2D eigenvalue weighted by Crippen LogP contribution is 2.22. The van der Waals surface area contributed by atoms with Crippen molar-refractivity contribution in [3.63, 3.8) is 0 Å². The van der Waals surface area contributed by atoms with E-state index in [0.29, 0.717) is 12.1 Å². The number of carbonyl (C=O) groups is 1. The number of carbonyl (C=O) groups excluding carboxylic acids is 1. The molecule has 1 aliphatic rings. The van der Waals surface area contributed by atoms with Gasteiger partial charge in [-0.1, -0.05) is 17.3 Å². The van der Waals surface area contributed by atoms with Crippen molar-refractivity contribution in [1.82, 2.24) is 9.88 Å². The van der Waals surface area contributed by atoms with Gasteiger partial charge in [0.1, 0.15) is 10.6 Å². The second kappa shape index (κ2) is 6.37. The summed E-state index contributed by atoms with van der Waals surface area (Å²) in [6.07, 6.45) is 1.46. The van der Waals surface area contributed by atoms with E-state index in [1.807, 2.05) is 24.3 Å². The molecule has 7 nitrogen and oxygen atoms in total. The summed E-state index contributed by atoms with van der Waals surface area (Å²) in [7, 11) is -3.68. The van der Waals surface area contributed by atoms with E-state index >= 15 is 0 Å². The number of benzene rings is 1. The quantitative estimate of drug-likeness (QED) is 0.890. The lowest BCUT2D eigenvalue weighted by Crippen LogP contribution is -2.25. The molecule has 8 heteroatoms. The summed E-state index contributed by atoms with van der Waals surface area (Å²) < 4.78 is 32.2. The van der Waals surface area contributed by atoms with Crippen molar-refractivity contribution < 1.29 is 17.7 Å². The summed E-state index contributed by atoms with van der Waals surface area (Å²) >= 11 is 0. The first-order chi connectivity index (χ1) is 11.4. The summed E-state index contributed by atoms with van der Waals surface area (Å²) in [5, 5.41) is 3.67. The van der Waals surface area contributed by atoms with Crippen LogP contribution in [0.3, 0.4) is 0 Å². The number of hydrogen-bond acceptors (Lipinski definition) is 5. The first-order valence-corrected chi connectivity index (χ1v) is 9.18. The summed E-state index contributed by atoms with van der Waals surface area (Å²) in [4.78, 5) is 13.6. The van der Waals surface area contributed by atoms with Gasteiger partial charge >= 0.3 is 0 Å². The van der Waals surface area contributed by atoms with Gasteiger partial charge in [-0.2, -0.15) is 0 Å². The number of sulfonamides is 1. The van der Waals surface area contributed by atoms with Crippen LogP contribution in [0.15, 0.2) is 33.7 Å². The van der Waals surface area contributed by atoms with Crippen molar-refractivity contribution in [2.45, 2.75) is 38.1 Å². The van der Waals surface area contributed by atoms with Gasteiger partial charge in [0.2, 0.25) is 15.9 Å². The Bertz CT molecular complexity index is 836. The van der Waals surface area contributed by atoms with Crippen LogP contribution in [0.1, 0.15) is 29.9 Å². The zero-order valence-electron chi connectivity index (χ0n) is 13.6. The molecule has 0 radical (unpaired) electrons. The molecular formula is C16H19N3O4S. The van der Waals surface area contributed by atoms with Gasteiger partial charge in [0.25, 0.3) is 0 Å². The highest BCUT2D eigenvalue weighted by Gasteiger charge is 2.24. The van der Waals surface area contributed by atoms with Crippen LogP contribution in [0.25, 0.3) is 0 Å². The van der Waals surface area contributed by atoms with Crippen molar-refractivity contribution in [3.05, 3.63) is 41.3 Å². The number of nitrogens with zero attached hydrogens (tertiary/aromatic N) is 2. The van der Waals surface area contributed by atoms with E-state index in [0.717, 1.165) is 24.2 Å². The second-order valence-electron chi connectivity index (χ2n) is 5.79. The first-order valence-electron chi connectivity index (χ1n) is 7.70. The van der Waals surface area contributed by atoms with Crippen LogP contribution in [0.4, 0.5) is 5.69 Å². The molecule has 1 aromatic carbocycles. The van der Waals surface area contributed by atoms with Crippen molar-refractivity contribution in [2.24, 2.45) is 0 Å². The Hall–Kier alpha value is -2.19. The lowest BCUT2D eigenvalue weighted by atomic mass is 10.2. The number of anilines is 1. The predicted octanol–water partition coefficient (Wildman–Crippen LogP) is 1.90. The fourth-order valence-corrected chi connectivity index (χ4v) is 4.17. The SMILES string of the molecule is Cc1noc(C)c1S(=O)(=O)NCc1ccc(N2CCCC2=O)cc1. The Balaban J connectivity index is 1.70. The highest BCUT2D eigenvalue weighted by molar-refractivity contribution is 7.89. The largest absolute Gasteiger partial charge is 0.360 e. The normalized spacial score (nSPS) is 15.2. The summed E-state index contributed by atoms with van der Waals surface area (Å²) in [5.41, 5.74) is 1.98. The molecule has 128 valence electrons. The standard InChI is InChI=1S/C16H19N3O4S/c1-11-16(12(2)23-18-11)24(21,22)17-10-13-5-7-14(8-6-13)19-9-3-4-15(19)20/h5-8,17H,3-4,9-10H2,1-2H3. The Morgan fingerprint density at radius 3 is 2.50 bits per heavy atom. The fraction of sp³-hybridized carbons (Fsp3) is 0.375. The Morgan fingerprint density at radius 2 is 1.96 bits per heavy atom. The van der Waals surface area contributed by atoms with E-state index in [2.05, 4.69) is 9.88 Å². The Labute approximate surface area is 140 Å². The number of hydrogen-bond donors (Lipinski definition) is 1. The molecule has 1 amide bonds. The number of rotatable bonds is 5. The predicted molar refractivity (Wildman–Crippen MR) is 88.0 cm³/mol. The molecule has 0 spiro atoms. The summed E-state index contributed by atoms with van der Waals surface area (Å²) in [5.74, 6) is 0.393. The monoisotopic (exact) mass is 349 g/mol. The molecule has 0 aliphatic carbocycles. The third-order valence-corrected chi connectivity index (χ3v) is 5.67. The maximum absolute atomic E-state index is 12.4. The fourth-order valence-electron chi connectivity index (χ4n) is 2.82. The molecule has 0 bridgehead atoms. The Kier molecular flexibility index (Phi) is 4.42. The van der Waals surface area contributed by atoms with Gasteiger partial charge in [-0.25, -0.2) is 13.1 Å². The van der Waals surface area contributed by atoms with Crippen LogP contribution in [-0.2, 0) is 21.4 Å². The van der Waals surface area contributed by atoms with Gasteiger partial charge in [-0.05, 0) is 38.0 Å². The van der Waals surface area contributed by atoms with Gasteiger partial charge in [0.05, 0.1) is 0 Å². The second-order valence-corrected chi connectivity index (χ2v) is 7.50. The molecule has 1 saturated heterocycles. The van der Waals surface area contributed by atoms with E-state index in [-0.39, 0.29) is 23.1 Å². The zero-order valence-corrected chi connectivity index (χ0v) is 14.4. The molecule has 1 fully saturated rings. The Morgan fingerprint density at radius 1 is 1.25 bits per heavy atom. The number of amides is 1. The summed E-state index contributed by atoms with van der Waals surface area (Å²) in [6, 6.07) is 7.30. The third kappa shape index (κ3) is 3.20. The van der Waals surface area contributed by atoms with Crippen molar-refractivity contribution in [3.8, 4) is 0 Å². The molecule has 3 rings (SSSR count). The average Bonchev–Trinajstić information content (AvgIpc) is 3.12. The molecule has 0 unspecified atom stereocenters. The van der Waals surface area contributed by atoms with Crippen LogP contribution < -0.4 is 9.62 Å². The number of aromatic nitrogens is 1.